The molecule has 3 amide bonds. The number of anilines is 1. The monoisotopic (exact) mass is 351 g/mol. The average molecular weight is 351 g/mol. The fourth-order valence-corrected chi connectivity index (χ4v) is 2.93. The van der Waals surface area contributed by atoms with Crippen LogP contribution in [0, 0.1) is 0 Å². The third-order valence-corrected chi connectivity index (χ3v) is 4.08. The molecule has 6 nitrogen and oxygen atoms in total. The lowest BCUT2D eigenvalue weighted by Crippen LogP contribution is -2.45. The van der Waals surface area contributed by atoms with Gasteiger partial charge in [0.1, 0.15) is 5.75 Å². The molecule has 3 rings (SSSR count). The Bertz CT molecular complexity index is 846. The summed E-state index contributed by atoms with van der Waals surface area (Å²) in [5, 5.41) is 8.39. The molecular weight excluding hydrogens is 330 g/mol. The van der Waals surface area contributed by atoms with Crippen molar-refractivity contribution in [1.82, 2.24) is 10.6 Å². The van der Waals surface area contributed by atoms with Crippen LogP contribution < -0.4 is 20.7 Å². The lowest BCUT2D eigenvalue weighted by atomic mass is 9.95. The number of carbonyl (C=O) groups excluding carboxylic acids is 2. The van der Waals surface area contributed by atoms with Crippen LogP contribution in [0.3, 0.4) is 0 Å². The molecule has 2 aromatic rings. The fourth-order valence-electron chi connectivity index (χ4n) is 2.93. The molecule has 1 aliphatic rings. The molecule has 3 N–H and O–H groups in total. The molecule has 0 saturated carbocycles. The van der Waals surface area contributed by atoms with Gasteiger partial charge in [-0.2, -0.15) is 0 Å². The quantitative estimate of drug-likeness (QED) is 0.773. The number of urea groups is 1. The van der Waals surface area contributed by atoms with E-state index in [1.165, 1.54) is 0 Å². The van der Waals surface area contributed by atoms with Gasteiger partial charge in [-0.1, -0.05) is 42.5 Å². The number of amides is 3. The molecule has 0 aliphatic carbocycles. The number of allylic oxidation sites excluding steroid dienone is 1. The maximum absolute atomic E-state index is 13.0. The van der Waals surface area contributed by atoms with Gasteiger partial charge in [0.15, 0.2) is 0 Å². The Morgan fingerprint density at radius 1 is 1.12 bits per heavy atom. The second-order valence-corrected chi connectivity index (χ2v) is 5.86. The minimum atomic E-state index is -0.524. The Kier molecular flexibility index (Phi) is 5.22. The molecule has 1 heterocycles. The molecule has 1 atom stereocenters. The molecule has 0 aromatic heterocycles. The zero-order chi connectivity index (χ0) is 18.5. The first-order valence-corrected chi connectivity index (χ1v) is 8.46. The topological polar surface area (TPSA) is 79.5 Å². The molecule has 6 heteroatoms. The summed E-state index contributed by atoms with van der Waals surface area (Å²) in [4.78, 5) is 24.9. The first-order valence-electron chi connectivity index (χ1n) is 8.46. The Hall–Kier alpha value is -3.28. The van der Waals surface area contributed by atoms with Gasteiger partial charge in [0.05, 0.1) is 23.9 Å². The van der Waals surface area contributed by atoms with Gasteiger partial charge in [-0.3, -0.25) is 4.79 Å². The fraction of sp³-hybridized carbons (Fsp3) is 0.200. The number of carbonyl (C=O) groups is 2. The second-order valence-electron chi connectivity index (χ2n) is 5.86. The van der Waals surface area contributed by atoms with E-state index in [4.69, 9.17) is 4.74 Å². The zero-order valence-electron chi connectivity index (χ0n) is 14.7. The van der Waals surface area contributed by atoms with Crippen molar-refractivity contribution < 1.29 is 14.3 Å². The van der Waals surface area contributed by atoms with Crippen LogP contribution >= 0.6 is 0 Å². The molecule has 0 radical (unpaired) electrons. The van der Waals surface area contributed by atoms with Crippen LogP contribution in [-0.4, -0.2) is 18.5 Å². The number of para-hydroxylation sites is 2. The normalized spacial score (nSPS) is 16.5. The highest BCUT2D eigenvalue weighted by atomic mass is 16.5. The number of ether oxygens (including phenoxy) is 1. The predicted octanol–water partition coefficient (Wildman–Crippen LogP) is 3.35. The van der Waals surface area contributed by atoms with Crippen molar-refractivity contribution >= 4 is 17.6 Å². The van der Waals surface area contributed by atoms with E-state index in [-0.39, 0.29) is 11.9 Å². The standard InChI is InChI=1S/C20H21N3O3/c1-3-26-16-12-8-7-11-15(16)22-19(24)17-13(2)21-20(25)23-18(17)14-9-5-4-6-10-14/h4-12,18H,3H2,1-2H3,(H,22,24)(H2,21,23,25)/t18-/m1/s1. The summed E-state index contributed by atoms with van der Waals surface area (Å²) in [5.41, 5.74) is 2.41. The Morgan fingerprint density at radius 3 is 2.54 bits per heavy atom. The van der Waals surface area contributed by atoms with Gasteiger partial charge in [-0.05, 0) is 31.5 Å². The van der Waals surface area contributed by atoms with Crippen molar-refractivity contribution in [2.75, 3.05) is 11.9 Å². The number of rotatable bonds is 5. The third-order valence-electron chi connectivity index (χ3n) is 4.08. The van der Waals surface area contributed by atoms with E-state index in [2.05, 4.69) is 16.0 Å². The summed E-state index contributed by atoms with van der Waals surface area (Å²) >= 11 is 0. The first kappa shape index (κ1) is 17.5. The van der Waals surface area contributed by atoms with E-state index in [1.54, 1.807) is 19.1 Å². The Morgan fingerprint density at radius 2 is 1.81 bits per heavy atom. The van der Waals surface area contributed by atoms with E-state index in [9.17, 15) is 9.59 Å². The maximum Gasteiger partial charge on any atom is 0.319 e. The van der Waals surface area contributed by atoms with Crippen LogP contribution in [0.2, 0.25) is 0 Å². The highest BCUT2D eigenvalue weighted by Crippen LogP contribution is 2.29. The molecule has 0 fully saturated rings. The molecule has 134 valence electrons. The smallest absolute Gasteiger partial charge is 0.319 e. The van der Waals surface area contributed by atoms with Crippen molar-refractivity contribution in [3.8, 4) is 5.75 Å². The molecule has 1 aliphatic heterocycles. The summed E-state index contributed by atoms with van der Waals surface area (Å²) in [5.74, 6) is 0.307. The molecule has 2 aromatic carbocycles. The van der Waals surface area contributed by atoms with Crippen molar-refractivity contribution in [1.29, 1.82) is 0 Å². The third kappa shape index (κ3) is 3.69. The lowest BCUT2D eigenvalue weighted by molar-refractivity contribution is -0.113. The highest BCUT2D eigenvalue weighted by Gasteiger charge is 2.31. The SMILES string of the molecule is CCOc1ccccc1NC(=O)C1=C(C)NC(=O)N[C@@H]1c1ccccc1. The molecule has 0 spiro atoms. The number of nitrogens with one attached hydrogen (secondary N) is 3. The van der Waals surface area contributed by atoms with Crippen molar-refractivity contribution in [3.63, 3.8) is 0 Å². The largest absolute Gasteiger partial charge is 0.492 e. The van der Waals surface area contributed by atoms with Gasteiger partial charge in [0.2, 0.25) is 0 Å². The van der Waals surface area contributed by atoms with Crippen LogP contribution in [0.4, 0.5) is 10.5 Å². The maximum atomic E-state index is 13.0. The minimum Gasteiger partial charge on any atom is -0.492 e. The minimum absolute atomic E-state index is 0.295. The number of hydrogen-bond donors (Lipinski definition) is 3. The van der Waals surface area contributed by atoms with Gasteiger partial charge in [0.25, 0.3) is 5.91 Å². The van der Waals surface area contributed by atoms with Gasteiger partial charge in [-0.15, -0.1) is 0 Å². The van der Waals surface area contributed by atoms with Crippen molar-refractivity contribution in [2.24, 2.45) is 0 Å². The van der Waals surface area contributed by atoms with E-state index >= 15 is 0 Å². The van der Waals surface area contributed by atoms with Gasteiger partial charge in [-0.25, -0.2) is 4.79 Å². The molecule has 26 heavy (non-hydrogen) atoms. The molecular formula is C20H21N3O3. The van der Waals surface area contributed by atoms with Crippen LogP contribution in [0.15, 0.2) is 65.9 Å². The number of benzene rings is 2. The lowest BCUT2D eigenvalue weighted by Gasteiger charge is -2.28. The van der Waals surface area contributed by atoms with E-state index in [0.29, 0.717) is 29.3 Å². The summed E-state index contributed by atoms with van der Waals surface area (Å²) in [7, 11) is 0. The second kappa shape index (κ2) is 7.74. The van der Waals surface area contributed by atoms with E-state index in [1.807, 2.05) is 49.4 Å². The highest BCUT2D eigenvalue weighted by molar-refractivity contribution is 6.07. The first-order chi connectivity index (χ1) is 12.6. The summed E-state index contributed by atoms with van der Waals surface area (Å²) in [6, 6.07) is 15.8. The van der Waals surface area contributed by atoms with E-state index in [0.717, 1.165) is 5.56 Å². The molecule has 0 bridgehead atoms. The van der Waals surface area contributed by atoms with Crippen LogP contribution in [0.1, 0.15) is 25.5 Å². The van der Waals surface area contributed by atoms with Crippen molar-refractivity contribution in [3.05, 3.63) is 71.4 Å². The van der Waals surface area contributed by atoms with Crippen LogP contribution in [0.25, 0.3) is 0 Å². The van der Waals surface area contributed by atoms with Crippen molar-refractivity contribution in [2.45, 2.75) is 19.9 Å². The predicted molar refractivity (Wildman–Crippen MR) is 99.8 cm³/mol. The van der Waals surface area contributed by atoms with Gasteiger partial charge >= 0.3 is 6.03 Å². The van der Waals surface area contributed by atoms with Gasteiger partial charge < -0.3 is 20.7 Å². The molecule has 0 unspecified atom stereocenters. The Labute approximate surface area is 152 Å². The summed E-state index contributed by atoms with van der Waals surface area (Å²) < 4.78 is 5.56. The molecule has 0 saturated heterocycles. The Balaban J connectivity index is 1.93. The van der Waals surface area contributed by atoms with E-state index < -0.39 is 6.04 Å². The average Bonchev–Trinajstić information content (AvgIpc) is 2.63. The number of hydrogen-bond acceptors (Lipinski definition) is 3. The van der Waals surface area contributed by atoms with Gasteiger partial charge in [0, 0.05) is 5.70 Å². The zero-order valence-corrected chi connectivity index (χ0v) is 14.7. The summed E-state index contributed by atoms with van der Waals surface area (Å²) in [6.07, 6.45) is 0. The summed E-state index contributed by atoms with van der Waals surface area (Å²) in [6.45, 7) is 4.11. The van der Waals surface area contributed by atoms with Crippen LogP contribution in [0.5, 0.6) is 5.75 Å². The van der Waals surface area contributed by atoms with Crippen LogP contribution in [-0.2, 0) is 4.79 Å².